The van der Waals surface area contributed by atoms with E-state index in [2.05, 4.69) is 11.0 Å². The Bertz CT molecular complexity index is 874. The third-order valence-electron chi connectivity index (χ3n) is 4.88. The number of rotatable bonds is 6. The minimum Gasteiger partial charge on any atom is -0.297 e. The molecular weight excluding hydrogens is 346 g/mol. The highest BCUT2D eigenvalue weighted by atomic mass is 32.2. The van der Waals surface area contributed by atoms with E-state index in [0.717, 1.165) is 37.2 Å². The van der Waals surface area contributed by atoms with E-state index in [1.807, 2.05) is 54.6 Å². The second-order valence-electron chi connectivity index (χ2n) is 6.74. The van der Waals surface area contributed by atoms with Crippen molar-refractivity contribution >= 4 is 10.0 Å². The Morgan fingerprint density at radius 2 is 1.81 bits per heavy atom. The molecule has 0 N–H and O–H groups in total. The number of likely N-dealkylation sites (tertiary alicyclic amines) is 1. The minimum atomic E-state index is -3.33. The van der Waals surface area contributed by atoms with E-state index in [0.29, 0.717) is 5.56 Å². The Balaban J connectivity index is 1.59. The standard InChI is InChI=1S/C20H23N3O2S/c1-22(26(24,25)16-19-5-3-2-4-6-19)20-11-12-23(15-20)14-18-9-7-17(13-21)8-10-18/h2-10,20H,11-12,14-16H2,1H3. The second kappa shape index (κ2) is 8.00. The van der Waals surface area contributed by atoms with Crippen LogP contribution in [0, 0.1) is 11.3 Å². The fourth-order valence-corrected chi connectivity index (χ4v) is 4.75. The van der Waals surface area contributed by atoms with E-state index in [1.165, 1.54) is 0 Å². The fourth-order valence-electron chi connectivity index (χ4n) is 3.31. The maximum Gasteiger partial charge on any atom is 0.218 e. The zero-order valence-electron chi connectivity index (χ0n) is 14.9. The molecule has 0 aliphatic carbocycles. The number of sulfonamides is 1. The van der Waals surface area contributed by atoms with Crippen LogP contribution in [0.5, 0.6) is 0 Å². The smallest absolute Gasteiger partial charge is 0.218 e. The molecule has 0 bridgehead atoms. The average molecular weight is 369 g/mol. The first-order valence-corrected chi connectivity index (χ1v) is 10.3. The molecule has 26 heavy (non-hydrogen) atoms. The number of hydrogen-bond acceptors (Lipinski definition) is 4. The summed E-state index contributed by atoms with van der Waals surface area (Å²) in [7, 11) is -1.64. The second-order valence-corrected chi connectivity index (χ2v) is 8.77. The zero-order valence-corrected chi connectivity index (χ0v) is 15.7. The highest BCUT2D eigenvalue weighted by Crippen LogP contribution is 2.21. The lowest BCUT2D eigenvalue weighted by Gasteiger charge is -2.24. The molecule has 2 aromatic carbocycles. The Hall–Kier alpha value is -2.20. The van der Waals surface area contributed by atoms with Gasteiger partial charge in [-0.15, -0.1) is 0 Å². The van der Waals surface area contributed by atoms with Crippen molar-refractivity contribution in [3.05, 3.63) is 71.3 Å². The van der Waals surface area contributed by atoms with Crippen LogP contribution in [0.3, 0.4) is 0 Å². The normalized spacial score (nSPS) is 18.1. The van der Waals surface area contributed by atoms with Crippen molar-refractivity contribution in [3.8, 4) is 6.07 Å². The van der Waals surface area contributed by atoms with E-state index in [-0.39, 0.29) is 11.8 Å². The largest absolute Gasteiger partial charge is 0.297 e. The monoisotopic (exact) mass is 369 g/mol. The molecule has 1 saturated heterocycles. The molecule has 1 aliphatic rings. The molecule has 0 spiro atoms. The Morgan fingerprint density at radius 1 is 1.12 bits per heavy atom. The SMILES string of the molecule is CN(C1CCN(Cc2ccc(C#N)cc2)C1)S(=O)(=O)Cc1ccccc1. The number of nitriles is 1. The summed E-state index contributed by atoms with van der Waals surface area (Å²) in [6, 6.07) is 19.0. The van der Waals surface area contributed by atoms with Gasteiger partial charge in [0.05, 0.1) is 17.4 Å². The molecule has 5 nitrogen and oxygen atoms in total. The minimum absolute atomic E-state index is 0.00194. The van der Waals surface area contributed by atoms with Gasteiger partial charge in [0.2, 0.25) is 10.0 Å². The van der Waals surface area contributed by atoms with Crippen LogP contribution in [0.2, 0.25) is 0 Å². The molecule has 1 atom stereocenters. The van der Waals surface area contributed by atoms with Gasteiger partial charge in [-0.1, -0.05) is 42.5 Å². The van der Waals surface area contributed by atoms with Crippen LogP contribution < -0.4 is 0 Å². The predicted octanol–water partition coefficient (Wildman–Crippen LogP) is 2.59. The van der Waals surface area contributed by atoms with Crippen LogP contribution in [-0.2, 0) is 22.3 Å². The van der Waals surface area contributed by atoms with Crippen LogP contribution in [0.25, 0.3) is 0 Å². The maximum absolute atomic E-state index is 12.7. The van der Waals surface area contributed by atoms with Crippen molar-refractivity contribution in [2.75, 3.05) is 20.1 Å². The molecule has 0 radical (unpaired) electrons. The molecule has 1 fully saturated rings. The van der Waals surface area contributed by atoms with Gasteiger partial charge >= 0.3 is 0 Å². The number of benzene rings is 2. The molecule has 3 rings (SSSR count). The molecule has 1 aliphatic heterocycles. The lowest BCUT2D eigenvalue weighted by molar-refractivity contribution is 0.298. The molecule has 1 unspecified atom stereocenters. The van der Waals surface area contributed by atoms with Gasteiger partial charge in [-0.2, -0.15) is 5.26 Å². The molecular formula is C20H23N3O2S. The van der Waals surface area contributed by atoms with Crippen LogP contribution in [0.1, 0.15) is 23.1 Å². The summed E-state index contributed by atoms with van der Waals surface area (Å²) < 4.78 is 26.9. The summed E-state index contributed by atoms with van der Waals surface area (Å²) in [5.74, 6) is 0.0382. The highest BCUT2D eigenvalue weighted by Gasteiger charge is 2.32. The quantitative estimate of drug-likeness (QED) is 0.785. The van der Waals surface area contributed by atoms with Crippen LogP contribution in [0.15, 0.2) is 54.6 Å². The molecule has 2 aromatic rings. The van der Waals surface area contributed by atoms with Gasteiger partial charge in [-0.05, 0) is 29.7 Å². The molecule has 0 amide bonds. The van der Waals surface area contributed by atoms with Crippen molar-refractivity contribution < 1.29 is 8.42 Å². The molecule has 0 aromatic heterocycles. The van der Waals surface area contributed by atoms with Crippen LogP contribution in [-0.4, -0.2) is 43.8 Å². The topological polar surface area (TPSA) is 64.4 Å². The highest BCUT2D eigenvalue weighted by molar-refractivity contribution is 7.88. The number of hydrogen-bond donors (Lipinski definition) is 0. The summed E-state index contributed by atoms with van der Waals surface area (Å²) >= 11 is 0. The number of nitrogens with zero attached hydrogens (tertiary/aromatic N) is 3. The van der Waals surface area contributed by atoms with E-state index < -0.39 is 10.0 Å². The van der Waals surface area contributed by atoms with Gasteiger partial charge < -0.3 is 0 Å². The first-order chi connectivity index (χ1) is 12.5. The molecule has 1 heterocycles. The zero-order chi connectivity index (χ0) is 18.6. The molecule has 6 heteroatoms. The van der Waals surface area contributed by atoms with Crippen molar-refractivity contribution in [2.45, 2.75) is 24.8 Å². The van der Waals surface area contributed by atoms with Gasteiger partial charge in [-0.3, -0.25) is 4.90 Å². The van der Waals surface area contributed by atoms with Gasteiger partial charge in [0.15, 0.2) is 0 Å². The van der Waals surface area contributed by atoms with E-state index in [1.54, 1.807) is 11.4 Å². The van der Waals surface area contributed by atoms with Crippen molar-refractivity contribution in [1.29, 1.82) is 5.26 Å². The first kappa shape index (κ1) is 18.6. The summed E-state index contributed by atoms with van der Waals surface area (Å²) in [5, 5.41) is 8.87. The van der Waals surface area contributed by atoms with Gasteiger partial charge in [0, 0.05) is 32.7 Å². The van der Waals surface area contributed by atoms with E-state index in [4.69, 9.17) is 5.26 Å². The van der Waals surface area contributed by atoms with E-state index >= 15 is 0 Å². The summed E-state index contributed by atoms with van der Waals surface area (Å²) in [4.78, 5) is 2.26. The summed E-state index contributed by atoms with van der Waals surface area (Å²) in [5.41, 5.74) is 2.60. The molecule has 0 saturated carbocycles. The van der Waals surface area contributed by atoms with Crippen molar-refractivity contribution in [1.82, 2.24) is 9.21 Å². The Morgan fingerprint density at radius 3 is 2.46 bits per heavy atom. The van der Waals surface area contributed by atoms with Crippen molar-refractivity contribution in [3.63, 3.8) is 0 Å². The van der Waals surface area contributed by atoms with Crippen LogP contribution in [0.4, 0.5) is 0 Å². The summed E-state index contributed by atoms with van der Waals surface area (Å²) in [6.45, 7) is 2.37. The van der Waals surface area contributed by atoms with Crippen molar-refractivity contribution in [2.24, 2.45) is 0 Å². The predicted molar refractivity (Wildman–Crippen MR) is 102 cm³/mol. The maximum atomic E-state index is 12.7. The average Bonchev–Trinajstić information content (AvgIpc) is 3.10. The fraction of sp³-hybridized carbons (Fsp3) is 0.350. The Labute approximate surface area is 155 Å². The third-order valence-corrected chi connectivity index (χ3v) is 6.76. The summed E-state index contributed by atoms with van der Waals surface area (Å²) in [6.07, 6.45) is 0.834. The lowest BCUT2D eigenvalue weighted by Crippen LogP contribution is -2.39. The number of likely N-dealkylation sites (N-methyl/N-ethyl adjacent to an activating group) is 1. The van der Waals surface area contributed by atoms with Gasteiger partial charge in [0.25, 0.3) is 0 Å². The van der Waals surface area contributed by atoms with Crippen LogP contribution >= 0.6 is 0 Å². The van der Waals surface area contributed by atoms with Gasteiger partial charge in [-0.25, -0.2) is 12.7 Å². The van der Waals surface area contributed by atoms with E-state index in [9.17, 15) is 8.42 Å². The first-order valence-electron chi connectivity index (χ1n) is 8.69. The lowest BCUT2D eigenvalue weighted by atomic mass is 10.1. The molecule has 136 valence electrons. The third kappa shape index (κ3) is 4.50. The van der Waals surface area contributed by atoms with Gasteiger partial charge in [0.1, 0.15) is 0 Å². The Kier molecular flexibility index (Phi) is 5.72.